The molecule has 0 fully saturated rings. The lowest BCUT2D eigenvalue weighted by atomic mass is 10.1. The quantitative estimate of drug-likeness (QED) is 0.906. The molecule has 0 radical (unpaired) electrons. The fourth-order valence-corrected chi connectivity index (χ4v) is 2.06. The van der Waals surface area contributed by atoms with E-state index in [4.69, 9.17) is 16.9 Å². The maximum atomic E-state index is 13.5. The first kappa shape index (κ1) is 15.2. The van der Waals surface area contributed by atoms with E-state index in [0.29, 0.717) is 22.3 Å². The molecule has 3 nitrogen and oxygen atoms in total. The molecule has 6 heteroatoms. The number of anilines is 1. The van der Waals surface area contributed by atoms with Gasteiger partial charge in [-0.25, -0.2) is 8.78 Å². The van der Waals surface area contributed by atoms with Gasteiger partial charge in [0, 0.05) is 18.2 Å². The molecule has 1 unspecified atom stereocenters. The molecule has 1 atom stereocenters. The minimum Gasteiger partial charge on any atom is -0.386 e. The van der Waals surface area contributed by atoms with Gasteiger partial charge in [0.05, 0.1) is 28.4 Å². The molecule has 108 valence electrons. The summed E-state index contributed by atoms with van der Waals surface area (Å²) < 4.78 is 26.3. The Bertz CT molecular complexity index is 701. The predicted octanol–water partition coefficient (Wildman–Crippen LogP) is 3.64. The molecule has 0 aliphatic rings. The SMILES string of the molecule is N#Cc1ccc(NCC(O)c2ccc(F)cc2F)c(Cl)c1. The van der Waals surface area contributed by atoms with Crippen LogP contribution in [-0.4, -0.2) is 11.7 Å². The van der Waals surface area contributed by atoms with E-state index in [1.807, 2.05) is 6.07 Å². The number of halogens is 3. The van der Waals surface area contributed by atoms with Crippen molar-refractivity contribution in [2.24, 2.45) is 0 Å². The molecule has 2 N–H and O–H groups in total. The average molecular weight is 309 g/mol. The lowest BCUT2D eigenvalue weighted by molar-refractivity contribution is 0.186. The van der Waals surface area contributed by atoms with E-state index in [0.717, 1.165) is 6.07 Å². The van der Waals surface area contributed by atoms with Crippen LogP contribution in [0.2, 0.25) is 5.02 Å². The van der Waals surface area contributed by atoms with E-state index in [1.165, 1.54) is 12.1 Å². The van der Waals surface area contributed by atoms with Crippen LogP contribution in [0.15, 0.2) is 36.4 Å². The Kier molecular flexibility index (Phi) is 4.73. The second-order valence-corrected chi connectivity index (χ2v) is 4.78. The minimum atomic E-state index is -1.16. The molecule has 2 rings (SSSR count). The highest BCUT2D eigenvalue weighted by molar-refractivity contribution is 6.33. The van der Waals surface area contributed by atoms with Crippen LogP contribution in [-0.2, 0) is 0 Å². The Labute approximate surface area is 125 Å². The van der Waals surface area contributed by atoms with Crippen molar-refractivity contribution >= 4 is 17.3 Å². The number of benzene rings is 2. The van der Waals surface area contributed by atoms with Gasteiger partial charge in [-0.3, -0.25) is 0 Å². The molecular formula is C15H11ClF2N2O. The van der Waals surface area contributed by atoms with Crippen molar-refractivity contribution in [1.82, 2.24) is 0 Å². The molecule has 0 aromatic heterocycles. The van der Waals surface area contributed by atoms with E-state index >= 15 is 0 Å². The van der Waals surface area contributed by atoms with Gasteiger partial charge in [0.25, 0.3) is 0 Å². The van der Waals surface area contributed by atoms with E-state index in [2.05, 4.69) is 5.32 Å². The minimum absolute atomic E-state index is 0.00578. The summed E-state index contributed by atoms with van der Waals surface area (Å²) in [6, 6.07) is 9.58. The number of nitrogens with zero attached hydrogens (tertiary/aromatic N) is 1. The van der Waals surface area contributed by atoms with Crippen LogP contribution >= 0.6 is 11.6 Å². The molecule has 0 amide bonds. The van der Waals surface area contributed by atoms with Crippen molar-refractivity contribution in [1.29, 1.82) is 5.26 Å². The Hall–Kier alpha value is -2.16. The van der Waals surface area contributed by atoms with Crippen LogP contribution in [0.25, 0.3) is 0 Å². The molecule has 0 bridgehead atoms. The summed E-state index contributed by atoms with van der Waals surface area (Å²) in [4.78, 5) is 0. The first-order valence-corrected chi connectivity index (χ1v) is 6.45. The normalized spacial score (nSPS) is 11.8. The van der Waals surface area contributed by atoms with Gasteiger partial charge >= 0.3 is 0 Å². The number of hydrogen-bond donors (Lipinski definition) is 2. The Balaban J connectivity index is 2.07. The van der Waals surface area contributed by atoms with Gasteiger partial charge in [-0.15, -0.1) is 0 Å². The van der Waals surface area contributed by atoms with E-state index in [-0.39, 0.29) is 12.1 Å². The standard InChI is InChI=1S/C15H11ClF2N2O/c16-12-5-9(7-19)1-4-14(12)20-8-15(21)11-3-2-10(17)6-13(11)18/h1-6,15,20-21H,8H2. The zero-order chi connectivity index (χ0) is 15.4. The van der Waals surface area contributed by atoms with Crippen molar-refractivity contribution < 1.29 is 13.9 Å². The molecule has 21 heavy (non-hydrogen) atoms. The highest BCUT2D eigenvalue weighted by Crippen LogP contribution is 2.24. The number of nitrogens with one attached hydrogen (secondary N) is 1. The number of nitriles is 1. The Morgan fingerprint density at radius 3 is 2.62 bits per heavy atom. The third kappa shape index (κ3) is 3.69. The fraction of sp³-hybridized carbons (Fsp3) is 0.133. The van der Waals surface area contributed by atoms with Crippen molar-refractivity contribution in [3.05, 3.63) is 64.2 Å². The summed E-state index contributed by atoms with van der Waals surface area (Å²) in [6.07, 6.45) is -1.16. The van der Waals surface area contributed by atoms with Gasteiger partial charge in [0.2, 0.25) is 0 Å². The number of aliphatic hydroxyl groups excluding tert-OH is 1. The lowest BCUT2D eigenvalue weighted by Crippen LogP contribution is -2.14. The lowest BCUT2D eigenvalue weighted by Gasteiger charge is -2.15. The average Bonchev–Trinajstić information content (AvgIpc) is 2.45. The van der Waals surface area contributed by atoms with Crippen LogP contribution < -0.4 is 5.32 Å². The number of aliphatic hydroxyl groups is 1. The second kappa shape index (κ2) is 6.53. The van der Waals surface area contributed by atoms with Gasteiger partial charge in [-0.05, 0) is 24.3 Å². The van der Waals surface area contributed by atoms with Gasteiger partial charge in [-0.1, -0.05) is 17.7 Å². The second-order valence-electron chi connectivity index (χ2n) is 4.37. The monoisotopic (exact) mass is 308 g/mol. The van der Waals surface area contributed by atoms with E-state index in [9.17, 15) is 13.9 Å². The molecule has 0 saturated heterocycles. The van der Waals surface area contributed by atoms with Gasteiger partial charge in [0.1, 0.15) is 11.6 Å². The third-order valence-corrected chi connectivity index (χ3v) is 3.22. The molecule has 2 aromatic rings. The van der Waals surface area contributed by atoms with E-state index in [1.54, 1.807) is 12.1 Å². The smallest absolute Gasteiger partial charge is 0.131 e. The van der Waals surface area contributed by atoms with Crippen molar-refractivity contribution in [3.8, 4) is 6.07 Å². The predicted molar refractivity (Wildman–Crippen MR) is 76.0 cm³/mol. The summed E-state index contributed by atoms with van der Waals surface area (Å²) in [5.41, 5.74) is 0.918. The summed E-state index contributed by atoms with van der Waals surface area (Å²) in [5.74, 6) is -1.51. The summed E-state index contributed by atoms with van der Waals surface area (Å²) in [5, 5.41) is 21.8. The maximum Gasteiger partial charge on any atom is 0.131 e. The zero-order valence-corrected chi connectivity index (χ0v) is 11.5. The van der Waals surface area contributed by atoms with Crippen molar-refractivity contribution in [2.75, 3.05) is 11.9 Å². The highest BCUT2D eigenvalue weighted by atomic mass is 35.5. The van der Waals surface area contributed by atoms with Crippen LogP contribution in [0.1, 0.15) is 17.2 Å². The van der Waals surface area contributed by atoms with Gasteiger partial charge < -0.3 is 10.4 Å². The summed E-state index contributed by atoms with van der Waals surface area (Å²) in [7, 11) is 0. The first-order chi connectivity index (χ1) is 10.0. The van der Waals surface area contributed by atoms with Crippen LogP contribution in [0.4, 0.5) is 14.5 Å². The van der Waals surface area contributed by atoms with Crippen LogP contribution in [0.3, 0.4) is 0 Å². The molecule has 0 aliphatic carbocycles. The summed E-state index contributed by atoms with van der Waals surface area (Å²) >= 11 is 5.97. The number of rotatable bonds is 4. The highest BCUT2D eigenvalue weighted by Gasteiger charge is 2.14. The van der Waals surface area contributed by atoms with E-state index < -0.39 is 17.7 Å². The Morgan fingerprint density at radius 2 is 2.00 bits per heavy atom. The largest absolute Gasteiger partial charge is 0.386 e. The number of hydrogen-bond acceptors (Lipinski definition) is 3. The van der Waals surface area contributed by atoms with Crippen LogP contribution in [0, 0.1) is 23.0 Å². The molecular weight excluding hydrogens is 298 g/mol. The molecule has 0 spiro atoms. The fourth-order valence-electron chi connectivity index (χ4n) is 1.82. The third-order valence-electron chi connectivity index (χ3n) is 2.91. The molecule has 2 aromatic carbocycles. The first-order valence-electron chi connectivity index (χ1n) is 6.08. The Morgan fingerprint density at radius 1 is 1.24 bits per heavy atom. The van der Waals surface area contributed by atoms with Crippen molar-refractivity contribution in [3.63, 3.8) is 0 Å². The molecule has 0 heterocycles. The maximum absolute atomic E-state index is 13.5. The van der Waals surface area contributed by atoms with Crippen molar-refractivity contribution in [2.45, 2.75) is 6.10 Å². The topological polar surface area (TPSA) is 56.0 Å². The van der Waals surface area contributed by atoms with Gasteiger partial charge in [-0.2, -0.15) is 5.26 Å². The van der Waals surface area contributed by atoms with Gasteiger partial charge in [0.15, 0.2) is 0 Å². The zero-order valence-electron chi connectivity index (χ0n) is 10.8. The van der Waals surface area contributed by atoms with Crippen LogP contribution in [0.5, 0.6) is 0 Å². The molecule has 0 saturated carbocycles. The molecule has 0 aliphatic heterocycles. The summed E-state index contributed by atoms with van der Waals surface area (Å²) in [6.45, 7) is -0.00578.